The Bertz CT molecular complexity index is 439. The van der Waals surface area contributed by atoms with Crippen molar-refractivity contribution in [3.63, 3.8) is 0 Å². The first-order valence-electron chi connectivity index (χ1n) is 5.36. The second kappa shape index (κ2) is 6.06. The van der Waals surface area contributed by atoms with Crippen molar-refractivity contribution in [2.45, 2.75) is 13.3 Å². The standard InChI is InChI=1S/C13H17NO3/c1-9-11(13(16)17-2)7-10(8-12(9)14)5-3-4-6-15/h3,5,7-8,15H,4,6,14H2,1-2H3. The molecule has 1 aromatic rings. The predicted octanol–water partition coefficient (Wildman–Crippen LogP) is 1.76. The molecule has 0 fully saturated rings. The van der Waals surface area contributed by atoms with Gasteiger partial charge in [0, 0.05) is 12.3 Å². The van der Waals surface area contributed by atoms with Gasteiger partial charge in [-0.25, -0.2) is 4.79 Å². The van der Waals surface area contributed by atoms with Crippen LogP contribution < -0.4 is 5.73 Å². The van der Waals surface area contributed by atoms with Crippen LogP contribution in [0, 0.1) is 6.92 Å². The zero-order chi connectivity index (χ0) is 12.8. The van der Waals surface area contributed by atoms with Crippen molar-refractivity contribution in [2.75, 3.05) is 19.5 Å². The topological polar surface area (TPSA) is 72.5 Å². The van der Waals surface area contributed by atoms with E-state index in [4.69, 9.17) is 15.6 Å². The van der Waals surface area contributed by atoms with Gasteiger partial charge in [-0.15, -0.1) is 0 Å². The van der Waals surface area contributed by atoms with Crippen LogP contribution in [0.25, 0.3) is 6.08 Å². The number of methoxy groups -OCH3 is 1. The lowest BCUT2D eigenvalue weighted by Gasteiger charge is -2.08. The molecule has 0 bridgehead atoms. The highest BCUT2D eigenvalue weighted by Gasteiger charge is 2.11. The molecular formula is C13H17NO3. The Hall–Kier alpha value is -1.81. The number of benzene rings is 1. The fourth-order valence-electron chi connectivity index (χ4n) is 1.47. The van der Waals surface area contributed by atoms with E-state index in [0.29, 0.717) is 17.7 Å². The summed E-state index contributed by atoms with van der Waals surface area (Å²) >= 11 is 0. The number of carbonyl (C=O) groups is 1. The molecule has 3 N–H and O–H groups in total. The number of carbonyl (C=O) groups excluding carboxylic acids is 1. The molecule has 92 valence electrons. The van der Waals surface area contributed by atoms with Crippen molar-refractivity contribution >= 4 is 17.7 Å². The van der Waals surface area contributed by atoms with Crippen molar-refractivity contribution in [3.8, 4) is 0 Å². The van der Waals surface area contributed by atoms with Crippen molar-refractivity contribution in [2.24, 2.45) is 0 Å². The summed E-state index contributed by atoms with van der Waals surface area (Å²) in [7, 11) is 1.34. The van der Waals surface area contributed by atoms with Crippen LogP contribution >= 0.6 is 0 Å². The number of nitrogens with two attached hydrogens (primary N) is 1. The van der Waals surface area contributed by atoms with Gasteiger partial charge in [-0.3, -0.25) is 0 Å². The zero-order valence-electron chi connectivity index (χ0n) is 10.1. The van der Waals surface area contributed by atoms with Crippen LogP contribution in [-0.2, 0) is 4.74 Å². The monoisotopic (exact) mass is 235 g/mol. The van der Waals surface area contributed by atoms with Crippen LogP contribution in [0.5, 0.6) is 0 Å². The summed E-state index contributed by atoms with van der Waals surface area (Å²) in [6.45, 7) is 1.88. The summed E-state index contributed by atoms with van der Waals surface area (Å²) in [6, 6.07) is 3.51. The van der Waals surface area contributed by atoms with Gasteiger partial charge in [-0.1, -0.05) is 12.2 Å². The lowest BCUT2D eigenvalue weighted by molar-refractivity contribution is 0.0600. The highest BCUT2D eigenvalue weighted by Crippen LogP contribution is 2.20. The number of hydrogen-bond acceptors (Lipinski definition) is 4. The third-order valence-electron chi connectivity index (χ3n) is 2.48. The average molecular weight is 235 g/mol. The normalized spacial score (nSPS) is 10.8. The van der Waals surface area contributed by atoms with Gasteiger partial charge in [0.15, 0.2) is 0 Å². The summed E-state index contributed by atoms with van der Waals surface area (Å²) in [5, 5.41) is 8.67. The van der Waals surface area contributed by atoms with Crippen molar-refractivity contribution in [3.05, 3.63) is 34.9 Å². The Kier molecular flexibility index (Phi) is 4.72. The SMILES string of the molecule is COC(=O)c1cc(C=CCCO)cc(N)c1C. The zero-order valence-corrected chi connectivity index (χ0v) is 10.1. The van der Waals surface area contributed by atoms with E-state index in [1.807, 2.05) is 12.2 Å². The molecule has 0 atom stereocenters. The number of nitrogen functional groups attached to an aromatic ring is 1. The fourth-order valence-corrected chi connectivity index (χ4v) is 1.47. The summed E-state index contributed by atoms with van der Waals surface area (Å²) in [4.78, 5) is 11.5. The lowest BCUT2D eigenvalue weighted by Crippen LogP contribution is -2.06. The van der Waals surface area contributed by atoms with Crippen molar-refractivity contribution < 1.29 is 14.6 Å². The molecule has 0 aromatic heterocycles. The second-order valence-corrected chi connectivity index (χ2v) is 3.69. The summed E-state index contributed by atoms with van der Waals surface area (Å²) in [5.41, 5.74) is 8.39. The van der Waals surface area contributed by atoms with E-state index in [1.165, 1.54) is 7.11 Å². The molecule has 0 amide bonds. The smallest absolute Gasteiger partial charge is 0.338 e. The number of rotatable bonds is 4. The van der Waals surface area contributed by atoms with Gasteiger partial charge in [0.25, 0.3) is 0 Å². The Morgan fingerprint density at radius 3 is 2.82 bits per heavy atom. The Balaban J connectivity index is 3.10. The lowest BCUT2D eigenvalue weighted by atomic mass is 10.0. The van der Waals surface area contributed by atoms with Crippen LogP contribution in [0.15, 0.2) is 18.2 Å². The van der Waals surface area contributed by atoms with Crippen LogP contribution in [-0.4, -0.2) is 24.8 Å². The van der Waals surface area contributed by atoms with E-state index in [-0.39, 0.29) is 6.61 Å². The molecule has 0 unspecified atom stereocenters. The minimum absolute atomic E-state index is 0.0989. The minimum atomic E-state index is -0.397. The van der Waals surface area contributed by atoms with Gasteiger partial charge in [-0.05, 0) is 36.6 Å². The Morgan fingerprint density at radius 1 is 1.53 bits per heavy atom. The molecule has 0 saturated carbocycles. The summed E-state index contributed by atoms with van der Waals surface area (Å²) < 4.78 is 4.69. The Labute approximate surface area is 101 Å². The first-order chi connectivity index (χ1) is 8.10. The molecule has 0 saturated heterocycles. The van der Waals surface area contributed by atoms with Gasteiger partial charge in [-0.2, -0.15) is 0 Å². The maximum atomic E-state index is 11.5. The third-order valence-corrected chi connectivity index (χ3v) is 2.48. The molecule has 0 aliphatic carbocycles. The molecule has 0 radical (unpaired) electrons. The van der Waals surface area contributed by atoms with Gasteiger partial charge in [0.05, 0.1) is 12.7 Å². The average Bonchev–Trinajstić information content (AvgIpc) is 2.32. The molecule has 1 rings (SSSR count). The number of anilines is 1. The van der Waals surface area contributed by atoms with Gasteiger partial charge in [0.2, 0.25) is 0 Å². The largest absolute Gasteiger partial charge is 0.465 e. The van der Waals surface area contributed by atoms with E-state index in [2.05, 4.69) is 0 Å². The maximum Gasteiger partial charge on any atom is 0.338 e. The first-order valence-corrected chi connectivity index (χ1v) is 5.36. The highest BCUT2D eigenvalue weighted by atomic mass is 16.5. The van der Waals surface area contributed by atoms with Crippen LogP contribution in [0.3, 0.4) is 0 Å². The Morgan fingerprint density at radius 2 is 2.24 bits per heavy atom. The number of aliphatic hydroxyl groups excluding tert-OH is 1. The van der Waals surface area contributed by atoms with Gasteiger partial charge in [0.1, 0.15) is 0 Å². The van der Waals surface area contributed by atoms with Crippen molar-refractivity contribution in [1.29, 1.82) is 0 Å². The first kappa shape index (κ1) is 13.3. The van der Waals surface area contributed by atoms with Crippen LogP contribution in [0.2, 0.25) is 0 Å². The van der Waals surface area contributed by atoms with Gasteiger partial charge < -0.3 is 15.6 Å². The molecule has 17 heavy (non-hydrogen) atoms. The fraction of sp³-hybridized carbons (Fsp3) is 0.308. The predicted molar refractivity (Wildman–Crippen MR) is 67.7 cm³/mol. The molecule has 1 aromatic carbocycles. The number of hydrogen-bond donors (Lipinski definition) is 2. The van der Waals surface area contributed by atoms with E-state index >= 15 is 0 Å². The summed E-state index contributed by atoms with van der Waals surface area (Å²) in [6.07, 6.45) is 4.21. The van der Waals surface area contributed by atoms with E-state index in [1.54, 1.807) is 19.1 Å². The van der Waals surface area contributed by atoms with E-state index in [9.17, 15) is 4.79 Å². The molecule has 0 spiro atoms. The molecule has 4 heteroatoms. The number of ether oxygens (including phenoxy) is 1. The molecule has 0 heterocycles. The van der Waals surface area contributed by atoms with Crippen LogP contribution in [0.4, 0.5) is 5.69 Å². The molecule has 0 aliphatic heterocycles. The summed E-state index contributed by atoms with van der Waals surface area (Å²) in [5.74, 6) is -0.397. The molecular weight excluding hydrogens is 218 g/mol. The second-order valence-electron chi connectivity index (χ2n) is 3.69. The van der Waals surface area contributed by atoms with Crippen LogP contribution in [0.1, 0.15) is 27.9 Å². The maximum absolute atomic E-state index is 11.5. The number of aliphatic hydroxyl groups is 1. The molecule has 4 nitrogen and oxygen atoms in total. The third kappa shape index (κ3) is 3.32. The highest BCUT2D eigenvalue weighted by molar-refractivity contribution is 5.93. The minimum Gasteiger partial charge on any atom is -0.465 e. The van der Waals surface area contributed by atoms with E-state index < -0.39 is 5.97 Å². The van der Waals surface area contributed by atoms with Crippen molar-refractivity contribution in [1.82, 2.24) is 0 Å². The quantitative estimate of drug-likeness (QED) is 0.616. The number of esters is 1. The van der Waals surface area contributed by atoms with Gasteiger partial charge >= 0.3 is 5.97 Å². The molecule has 0 aliphatic rings. The van der Waals surface area contributed by atoms with E-state index in [0.717, 1.165) is 11.1 Å².